The van der Waals surface area contributed by atoms with Crippen LogP contribution in [0.3, 0.4) is 0 Å². The van der Waals surface area contributed by atoms with E-state index in [9.17, 15) is 4.79 Å². The number of rotatable bonds is 3. The number of aryl methyl sites for hydroxylation is 1. The van der Waals surface area contributed by atoms with E-state index in [-0.39, 0.29) is 12.0 Å². The summed E-state index contributed by atoms with van der Waals surface area (Å²) in [6, 6.07) is 3.90. The summed E-state index contributed by atoms with van der Waals surface area (Å²) in [7, 11) is 0. The molecule has 5 nitrogen and oxygen atoms in total. The maximum Gasteiger partial charge on any atom is 0.249 e. The molecular formula is C15H19NO4. The van der Waals surface area contributed by atoms with Gasteiger partial charge in [-0.05, 0) is 43.0 Å². The molecule has 1 aromatic rings. The molecule has 1 fully saturated rings. The van der Waals surface area contributed by atoms with Gasteiger partial charge in [-0.25, -0.2) is 0 Å². The fraction of sp³-hybridized carbons (Fsp3) is 0.533. The average molecular weight is 277 g/mol. The molecule has 1 unspecified atom stereocenters. The summed E-state index contributed by atoms with van der Waals surface area (Å²) < 4.78 is 16.5. The fourth-order valence-corrected chi connectivity index (χ4v) is 2.50. The zero-order valence-corrected chi connectivity index (χ0v) is 11.6. The lowest BCUT2D eigenvalue weighted by Crippen LogP contribution is -2.33. The van der Waals surface area contributed by atoms with Crippen molar-refractivity contribution in [3.63, 3.8) is 0 Å². The first kappa shape index (κ1) is 13.2. The maximum atomic E-state index is 11.9. The number of carbonyl (C=O) groups is 1. The van der Waals surface area contributed by atoms with Crippen LogP contribution in [0, 0.1) is 6.92 Å². The van der Waals surface area contributed by atoms with Crippen molar-refractivity contribution < 1.29 is 19.0 Å². The van der Waals surface area contributed by atoms with Crippen LogP contribution in [-0.4, -0.2) is 31.8 Å². The summed E-state index contributed by atoms with van der Waals surface area (Å²) in [5.74, 6) is 1.50. The van der Waals surface area contributed by atoms with Crippen LogP contribution in [0.5, 0.6) is 11.5 Å². The second kappa shape index (κ2) is 5.71. The molecule has 0 aromatic heterocycles. The summed E-state index contributed by atoms with van der Waals surface area (Å²) in [5.41, 5.74) is 2.13. The van der Waals surface area contributed by atoms with E-state index in [1.807, 2.05) is 19.1 Å². The monoisotopic (exact) mass is 277 g/mol. The van der Waals surface area contributed by atoms with E-state index in [0.717, 1.165) is 35.5 Å². The van der Waals surface area contributed by atoms with Gasteiger partial charge in [0.05, 0.1) is 0 Å². The molecule has 0 aliphatic carbocycles. The van der Waals surface area contributed by atoms with E-state index in [1.54, 1.807) is 0 Å². The molecule has 1 saturated heterocycles. The minimum absolute atomic E-state index is 0.0308. The van der Waals surface area contributed by atoms with Crippen LogP contribution in [0.4, 0.5) is 0 Å². The molecular weight excluding hydrogens is 258 g/mol. The molecule has 108 valence electrons. The molecule has 2 aliphatic heterocycles. The zero-order chi connectivity index (χ0) is 13.9. The number of hydrogen-bond acceptors (Lipinski definition) is 4. The van der Waals surface area contributed by atoms with Crippen molar-refractivity contribution in [3.8, 4) is 11.5 Å². The van der Waals surface area contributed by atoms with E-state index in [0.29, 0.717) is 26.4 Å². The third-order valence-corrected chi connectivity index (χ3v) is 3.68. The van der Waals surface area contributed by atoms with Gasteiger partial charge in [0.2, 0.25) is 5.91 Å². The highest BCUT2D eigenvalue weighted by Crippen LogP contribution is 2.32. The second-order valence-electron chi connectivity index (χ2n) is 5.14. The van der Waals surface area contributed by atoms with E-state index in [2.05, 4.69) is 5.32 Å². The van der Waals surface area contributed by atoms with Crippen molar-refractivity contribution in [3.05, 3.63) is 23.3 Å². The Labute approximate surface area is 118 Å². The highest BCUT2D eigenvalue weighted by molar-refractivity contribution is 5.81. The summed E-state index contributed by atoms with van der Waals surface area (Å²) in [6.45, 7) is 4.33. The van der Waals surface area contributed by atoms with Gasteiger partial charge in [-0.15, -0.1) is 0 Å². The first-order valence-electron chi connectivity index (χ1n) is 7.02. The molecule has 0 spiro atoms. The highest BCUT2D eigenvalue weighted by atomic mass is 16.6. The summed E-state index contributed by atoms with van der Waals surface area (Å²) in [4.78, 5) is 11.9. The smallest absolute Gasteiger partial charge is 0.249 e. The Bertz CT molecular complexity index is 509. The Balaban J connectivity index is 1.66. The number of ether oxygens (including phenoxy) is 3. The number of benzene rings is 1. The van der Waals surface area contributed by atoms with Gasteiger partial charge in [0.15, 0.2) is 11.5 Å². The van der Waals surface area contributed by atoms with Crippen LogP contribution >= 0.6 is 0 Å². The molecule has 5 heteroatoms. The molecule has 3 rings (SSSR count). The SMILES string of the molecule is Cc1cc2c(cc1CNC(=O)C1CCCO1)OCCO2. The average Bonchev–Trinajstić information content (AvgIpc) is 2.99. The molecule has 0 bridgehead atoms. The predicted molar refractivity (Wildman–Crippen MR) is 73.0 cm³/mol. The van der Waals surface area contributed by atoms with Crippen LogP contribution in [0.15, 0.2) is 12.1 Å². The Morgan fingerprint density at radius 3 is 2.70 bits per heavy atom. The molecule has 2 heterocycles. The third-order valence-electron chi connectivity index (χ3n) is 3.68. The first-order valence-corrected chi connectivity index (χ1v) is 7.02. The Kier molecular flexibility index (Phi) is 3.78. The molecule has 1 atom stereocenters. The summed E-state index contributed by atoms with van der Waals surface area (Å²) in [6.07, 6.45) is 1.49. The van der Waals surface area contributed by atoms with E-state index in [4.69, 9.17) is 14.2 Å². The van der Waals surface area contributed by atoms with Gasteiger partial charge in [-0.1, -0.05) is 0 Å². The van der Waals surface area contributed by atoms with Crippen molar-refractivity contribution in [1.82, 2.24) is 5.32 Å². The minimum Gasteiger partial charge on any atom is -0.486 e. The van der Waals surface area contributed by atoms with Gasteiger partial charge >= 0.3 is 0 Å². The number of carbonyl (C=O) groups excluding carboxylic acids is 1. The largest absolute Gasteiger partial charge is 0.486 e. The summed E-state index contributed by atoms with van der Waals surface area (Å²) in [5, 5.41) is 2.93. The van der Waals surface area contributed by atoms with Crippen molar-refractivity contribution in [2.75, 3.05) is 19.8 Å². The van der Waals surface area contributed by atoms with E-state index >= 15 is 0 Å². The van der Waals surface area contributed by atoms with Gasteiger partial charge in [0.1, 0.15) is 19.3 Å². The van der Waals surface area contributed by atoms with Gasteiger partial charge < -0.3 is 19.5 Å². The number of nitrogens with one attached hydrogen (secondary N) is 1. The Hall–Kier alpha value is -1.75. The number of amides is 1. The van der Waals surface area contributed by atoms with Crippen LogP contribution in [0.2, 0.25) is 0 Å². The van der Waals surface area contributed by atoms with Crippen molar-refractivity contribution >= 4 is 5.91 Å². The van der Waals surface area contributed by atoms with Crippen LogP contribution in [0.25, 0.3) is 0 Å². The number of hydrogen-bond donors (Lipinski definition) is 1. The molecule has 2 aliphatic rings. The lowest BCUT2D eigenvalue weighted by Gasteiger charge is -2.20. The first-order chi connectivity index (χ1) is 9.74. The van der Waals surface area contributed by atoms with Crippen LogP contribution < -0.4 is 14.8 Å². The topological polar surface area (TPSA) is 56.8 Å². The molecule has 20 heavy (non-hydrogen) atoms. The standard InChI is InChI=1S/C15H19NO4/c1-10-7-13-14(20-6-5-19-13)8-11(10)9-16-15(17)12-3-2-4-18-12/h7-8,12H,2-6,9H2,1H3,(H,16,17). The van der Waals surface area contributed by atoms with E-state index < -0.39 is 0 Å². The van der Waals surface area contributed by atoms with Crippen LogP contribution in [-0.2, 0) is 16.1 Å². The normalized spacial score (nSPS) is 20.8. The minimum atomic E-state index is -0.285. The van der Waals surface area contributed by atoms with Crippen molar-refractivity contribution in [1.29, 1.82) is 0 Å². The lowest BCUT2D eigenvalue weighted by molar-refractivity contribution is -0.130. The Morgan fingerprint density at radius 1 is 1.25 bits per heavy atom. The Morgan fingerprint density at radius 2 is 2.00 bits per heavy atom. The fourth-order valence-electron chi connectivity index (χ4n) is 2.50. The van der Waals surface area contributed by atoms with Crippen molar-refractivity contribution in [2.45, 2.75) is 32.4 Å². The quantitative estimate of drug-likeness (QED) is 0.911. The van der Waals surface area contributed by atoms with Gasteiger partial charge in [-0.3, -0.25) is 4.79 Å². The van der Waals surface area contributed by atoms with Gasteiger partial charge in [-0.2, -0.15) is 0 Å². The number of fused-ring (bicyclic) bond motifs is 1. The summed E-state index contributed by atoms with van der Waals surface area (Å²) >= 11 is 0. The predicted octanol–water partition coefficient (Wildman–Crippen LogP) is 1.56. The van der Waals surface area contributed by atoms with Crippen molar-refractivity contribution in [2.24, 2.45) is 0 Å². The second-order valence-corrected chi connectivity index (χ2v) is 5.14. The highest BCUT2D eigenvalue weighted by Gasteiger charge is 2.23. The van der Waals surface area contributed by atoms with Gasteiger partial charge in [0, 0.05) is 13.2 Å². The molecule has 1 N–H and O–H groups in total. The molecule has 1 amide bonds. The van der Waals surface area contributed by atoms with Gasteiger partial charge in [0.25, 0.3) is 0 Å². The zero-order valence-electron chi connectivity index (χ0n) is 11.6. The molecule has 0 radical (unpaired) electrons. The lowest BCUT2D eigenvalue weighted by atomic mass is 10.1. The third kappa shape index (κ3) is 2.72. The molecule has 0 saturated carbocycles. The van der Waals surface area contributed by atoms with E-state index in [1.165, 1.54) is 0 Å². The van der Waals surface area contributed by atoms with Crippen LogP contribution in [0.1, 0.15) is 24.0 Å². The maximum absolute atomic E-state index is 11.9. The molecule has 1 aromatic carbocycles.